The van der Waals surface area contributed by atoms with E-state index in [0.717, 1.165) is 29.9 Å². The molecule has 0 aliphatic heterocycles. The fourth-order valence-electron chi connectivity index (χ4n) is 3.31. The van der Waals surface area contributed by atoms with E-state index in [-0.39, 0.29) is 5.56 Å². The molecule has 0 fully saturated rings. The zero-order chi connectivity index (χ0) is 23.3. The second-order valence-electron chi connectivity index (χ2n) is 7.12. The van der Waals surface area contributed by atoms with Crippen LogP contribution < -0.4 is 9.64 Å². The molecule has 0 unspecified atom stereocenters. The molecule has 2 aromatic carbocycles. The van der Waals surface area contributed by atoms with Gasteiger partial charge in [-0.15, -0.1) is 0 Å². The van der Waals surface area contributed by atoms with Crippen LogP contribution >= 0.6 is 11.3 Å². The van der Waals surface area contributed by atoms with E-state index in [0.29, 0.717) is 36.1 Å². The van der Waals surface area contributed by atoms with E-state index in [2.05, 4.69) is 9.88 Å². The average molecular weight is 466 g/mol. The number of carbonyl (C=O) groups excluding carboxylic acids is 1. The molecule has 0 atom stereocenters. The SMILES string of the molecule is CCOc1ccc2nc(N(CCN(CC)CC)C(=O)c3cccc(C(F)(F)F)c3)sc2c1. The molecule has 3 aromatic rings. The number of fused-ring (bicyclic) bond motifs is 1. The Hall–Kier alpha value is -2.65. The van der Waals surface area contributed by atoms with Crippen molar-refractivity contribution in [3.8, 4) is 5.75 Å². The second-order valence-corrected chi connectivity index (χ2v) is 8.13. The topological polar surface area (TPSA) is 45.7 Å². The number of thiazole rings is 1. The maximum atomic E-state index is 13.3. The number of likely N-dealkylation sites (N-methyl/N-ethyl adjacent to an activating group) is 1. The summed E-state index contributed by atoms with van der Waals surface area (Å²) in [5.41, 5.74) is -0.163. The van der Waals surface area contributed by atoms with Gasteiger partial charge in [-0.05, 0) is 56.4 Å². The van der Waals surface area contributed by atoms with Crippen LogP contribution in [0.4, 0.5) is 18.3 Å². The summed E-state index contributed by atoms with van der Waals surface area (Å²) < 4.78 is 45.9. The first-order chi connectivity index (χ1) is 15.3. The predicted octanol–water partition coefficient (Wildman–Crippen LogP) is 5.70. The number of hydrogen-bond donors (Lipinski definition) is 0. The molecular formula is C23H26F3N3O2S. The minimum Gasteiger partial charge on any atom is -0.494 e. The zero-order valence-electron chi connectivity index (χ0n) is 18.3. The van der Waals surface area contributed by atoms with Gasteiger partial charge in [0, 0.05) is 18.7 Å². The van der Waals surface area contributed by atoms with E-state index in [4.69, 9.17) is 4.74 Å². The van der Waals surface area contributed by atoms with Gasteiger partial charge in [0.25, 0.3) is 5.91 Å². The van der Waals surface area contributed by atoms with Gasteiger partial charge in [-0.1, -0.05) is 31.3 Å². The first kappa shape index (κ1) is 24.0. The van der Waals surface area contributed by atoms with Gasteiger partial charge in [-0.2, -0.15) is 13.2 Å². The standard InChI is InChI=1S/C23H26F3N3O2S/c1-4-28(5-2)12-13-29(21(30)16-8-7-9-17(14-16)23(24,25)26)22-27-19-11-10-18(31-6-3)15-20(19)32-22/h7-11,14-15H,4-6,12-13H2,1-3H3. The van der Waals surface area contributed by atoms with Crippen molar-refractivity contribution in [2.45, 2.75) is 26.9 Å². The fraction of sp³-hybridized carbons (Fsp3) is 0.391. The third-order valence-corrected chi connectivity index (χ3v) is 6.15. The van der Waals surface area contributed by atoms with E-state index in [9.17, 15) is 18.0 Å². The third-order valence-electron chi connectivity index (χ3n) is 5.11. The molecule has 9 heteroatoms. The molecule has 0 saturated carbocycles. The van der Waals surface area contributed by atoms with Gasteiger partial charge in [0.15, 0.2) is 5.13 Å². The Morgan fingerprint density at radius 3 is 2.47 bits per heavy atom. The molecule has 1 heterocycles. The smallest absolute Gasteiger partial charge is 0.416 e. The van der Waals surface area contributed by atoms with Crippen LogP contribution in [0.15, 0.2) is 42.5 Å². The van der Waals surface area contributed by atoms with Gasteiger partial charge in [0.1, 0.15) is 5.75 Å². The minimum atomic E-state index is -4.52. The van der Waals surface area contributed by atoms with Crippen molar-refractivity contribution in [3.05, 3.63) is 53.6 Å². The summed E-state index contributed by atoms with van der Waals surface area (Å²) >= 11 is 1.32. The highest BCUT2D eigenvalue weighted by atomic mass is 32.1. The van der Waals surface area contributed by atoms with E-state index < -0.39 is 17.6 Å². The molecule has 0 aliphatic rings. The Kier molecular flexibility index (Phi) is 7.73. The quantitative estimate of drug-likeness (QED) is 0.407. The maximum Gasteiger partial charge on any atom is 0.416 e. The normalized spacial score (nSPS) is 11.8. The molecule has 0 saturated heterocycles. The summed E-state index contributed by atoms with van der Waals surface area (Å²) in [6.07, 6.45) is -4.52. The van der Waals surface area contributed by atoms with Gasteiger partial charge in [-0.3, -0.25) is 9.69 Å². The summed E-state index contributed by atoms with van der Waals surface area (Å²) in [5.74, 6) is 0.196. The number of carbonyl (C=O) groups is 1. The van der Waals surface area contributed by atoms with Crippen molar-refractivity contribution in [2.24, 2.45) is 0 Å². The number of halogens is 3. The summed E-state index contributed by atoms with van der Waals surface area (Å²) in [7, 11) is 0. The Bertz CT molecular complexity index is 1060. The number of anilines is 1. The lowest BCUT2D eigenvalue weighted by molar-refractivity contribution is -0.137. The molecule has 172 valence electrons. The number of hydrogen-bond acceptors (Lipinski definition) is 5. The lowest BCUT2D eigenvalue weighted by Crippen LogP contribution is -2.39. The molecular weight excluding hydrogens is 439 g/mol. The number of benzene rings is 2. The summed E-state index contributed by atoms with van der Waals surface area (Å²) in [6, 6.07) is 10.0. The van der Waals surface area contributed by atoms with Gasteiger partial charge < -0.3 is 9.64 Å². The highest BCUT2D eigenvalue weighted by Crippen LogP contribution is 2.33. The molecule has 0 spiro atoms. The number of rotatable bonds is 9. The van der Waals surface area contributed by atoms with Crippen LogP contribution in [0.25, 0.3) is 10.2 Å². The van der Waals surface area contributed by atoms with Crippen molar-refractivity contribution < 1.29 is 22.7 Å². The number of aromatic nitrogens is 1. The predicted molar refractivity (Wildman–Crippen MR) is 122 cm³/mol. The minimum absolute atomic E-state index is 0.0198. The zero-order valence-corrected chi connectivity index (χ0v) is 19.1. The van der Waals surface area contributed by atoms with Crippen molar-refractivity contribution in [1.29, 1.82) is 0 Å². The Morgan fingerprint density at radius 2 is 1.81 bits per heavy atom. The third kappa shape index (κ3) is 5.58. The van der Waals surface area contributed by atoms with E-state index in [1.165, 1.54) is 28.4 Å². The molecule has 3 rings (SSSR count). The highest BCUT2D eigenvalue weighted by molar-refractivity contribution is 7.22. The summed E-state index contributed by atoms with van der Waals surface area (Å²) in [5, 5.41) is 0.447. The summed E-state index contributed by atoms with van der Waals surface area (Å²) in [4.78, 5) is 21.5. The van der Waals surface area contributed by atoms with Crippen LogP contribution in [0.2, 0.25) is 0 Å². The number of amides is 1. The molecule has 0 aliphatic carbocycles. The fourth-order valence-corrected chi connectivity index (χ4v) is 4.33. The first-order valence-corrected chi connectivity index (χ1v) is 11.3. The van der Waals surface area contributed by atoms with Gasteiger partial charge in [0.05, 0.1) is 22.4 Å². The molecule has 1 amide bonds. The highest BCUT2D eigenvalue weighted by Gasteiger charge is 2.32. The monoisotopic (exact) mass is 465 g/mol. The Morgan fingerprint density at radius 1 is 1.06 bits per heavy atom. The van der Waals surface area contributed by atoms with Crippen molar-refractivity contribution in [1.82, 2.24) is 9.88 Å². The van der Waals surface area contributed by atoms with E-state index >= 15 is 0 Å². The van der Waals surface area contributed by atoms with Crippen LogP contribution in [-0.2, 0) is 6.18 Å². The van der Waals surface area contributed by atoms with Crippen molar-refractivity contribution in [2.75, 3.05) is 37.7 Å². The first-order valence-electron chi connectivity index (χ1n) is 10.5. The van der Waals surface area contributed by atoms with Gasteiger partial charge >= 0.3 is 6.18 Å². The van der Waals surface area contributed by atoms with E-state index in [1.807, 2.05) is 39.0 Å². The van der Waals surface area contributed by atoms with Crippen molar-refractivity contribution >= 4 is 32.6 Å². The van der Waals surface area contributed by atoms with Gasteiger partial charge in [0.2, 0.25) is 0 Å². The molecule has 32 heavy (non-hydrogen) atoms. The second kappa shape index (κ2) is 10.3. The van der Waals surface area contributed by atoms with Gasteiger partial charge in [-0.25, -0.2) is 4.98 Å². The molecule has 0 N–H and O–H groups in total. The number of ether oxygens (including phenoxy) is 1. The Balaban J connectivity index is 1.98. The summed E-state index contributed by atoms with van der Waals surface area (Å²) in [6.45, 7) is 8.98. The lowest BCUT2D eigenvalue weighted by Gasteiger charge is -2.25. The molecule has 1 aromatic heterocycles. The van der Waals surface area contributed by atoms with E-state index in [1.54, 1.807) is 0 Å². The maximum absolute atomic E-state index is 13.3. The largest absolute Gasteiger partial charge is 0.494 e. The van der Waals surface area contributed by atoms with Crippen LogP contribution in [0, 0.1) is 0 Å². The molecule has 0 radical (unpaired) electrons. The Labute approximate surface area is 189 Å². The van der Waals surface area contributed by atoms with Crippen LogP contribution in [0.5, 0.6) is 5.75 Å². The average Bonchev–Trinajstić information content (AvgIpc) is 3.19. The lowest BCUT2D eigenvalue weighted by atomic mass is 10.1. The van der Waals surface area contributed by atoms with Crippen LogP contribution in [-0.4, -0.2) is 48.6 Å². The van der Waals surface area contributed by atoms with Crippen molar-refractivity contribution in [3.63, 3.8) is 0 Å². The molecule has 5 nitrogen and oxygen atoms in total. The number of nitrogens with zero attached hydrogens (tertiary/aromatic N) is 3. The van der Waals surface area contributed by atoms with Crippen LogP contribution in [0.3, 0.4) is 0 Å². The molecule has 0 bridgehead atoms. The number of alkyl halides is 3. The van der Waals surface area contributed by atoms with Crippen LogP contribution in [0.1, 0.15) is 36.7 Å².